The SMILES string of the molecule is Cc1cc(C)n(CC(=O)N2CCN(c3ccccc3-c3ccc(C(C)C)cc3)CC2)n1. The van der Waals surface area contributed by atoms with Gasteiger partial charge in [0, 0.05) is 43.1 Å². The van der Waals surface area contributed by atoms with E-state index in [1.54, 1.807) is 4.68 Å². The number of benzene rings is 2. The van der Waals surface area contributed by atoms with Crippen molar-refractivity contribution in [3.63, 3.8) is 0 Å². The summed E-state index contributed by atoms with van der Waals surface area (Å²) in [7, 11) is 0. The Morgan fingerprint density at radius 1 is 0.968 bits per heavy atom. The Balaban J connectivity index is 1.44. The van der Waals surface area contributed by atoms with E-state index in [1.807, 2.05) is 24.8 Å². The van der Waals surface area contributed by atoms with Crippen LogP contribution in [0, 0.1) is 13.8 Å². The molecule has 0 atom stereocenters. The Bertz CT molecular complexity index is 1040. The lowest BCUT2D eigenvalue weighted by Crippen LogP contribution is -2.49. The molecule has 1 aliphatic heterocycles. The van der Waals surface area contributed by atoms with Crippen molar-refractivity contribution in [2.24, 2.45) is 0 Å². The van der Waals surface area contributed by atoms with E-state index < -0.39 is 0 Å². The van der Waals surface area contributed by atoms with Crippen LogP contribution in [-0.2, 0) is 11.3 Å². The number of piperazine rings is 1. The summed E-state index contributed by atoms with van der Waals surface area (Å²) >= 11 is 0. The van der Waals surface area contributed by atoms with Gasteiger partial charge < -0.3 is 9.80 Å². The lowest BCUT2D eigenvalue weighted by atomic mass is 9.97. The molecule has 0 bridgehead atoms. The third kappa shape index (κ3) is 4.66. The molecule has 0 N–H and O–H groups in total. The van der Waals surface area contributed by atoms with Crippen molar-refractivity contribution in [1.29, 1.82) is 0 Å². The van der Waals surface area contributed by atoms with Crippen LogP contribution in [0.3, 0.4) is 0 Å². The third-order valence-corrected chi connectivity index (χ3v) is 6.15. The maximum atomic E-state index is 12.8. The molecular weight excluding hydrogens is 384 g/mol. The van der Waals surface area contributed by atoms with E-state index in [-0.39, 0.29) is 5.91 Å². The highest BCUT2D eigenvalue weighted by Gasteiger charge is 2.23. The van der Waals surface area contributed by atoms with E-state index in [0.717, 1.165) is 37.6 Å². The van der Waals surface area contributed by atoms with Crippen molar-refractivity contribution >= 4 is 11.6 Å². The number of hydrogen-bond acceptors (Lipinski definition) is 3. The predicted molar refractivity (Wildman–Crippen MR) is 126 cm³/mol. The van der Waals surface area contributed by atoms with Crippen LogP contribution in [0.2, 0.25) is 0 Å². The van der Waals surface area contributed by atoms with Crippen LogP contribution in [0.4, 0.5) is 5.69 Å². The monoisotopic (exact) mass is 416 g/mol. The van der Waals surface area contributed by atoms with Crippen LogP contribution in [0.1, 0.15) is 36.7 Å². The summed E-state index contributed by atoms with van der Waals surface area (Å²) in [5.74, 6) is 0.674. The Labute approximate surface area is 185 Å². The fourth-order valence-electron chi connectivity index (χ4n) is 4.30. The second-order valence-electron chi connectivity index (χ2n) is 8.75. The van der Waals surface area contributed by atoms with Gasteiger partial charge in [-0.1, -0.05) is 56.3 Å². The van der Waals surface area contributed by atoms with E-state index in [1.165, 1.54) is 22.4 Å². The van der Waals surface area contributed by atoms with Gasteiger partial charge in [0.05, 0.1) is 5.69 Å². The summed E-state index contributed by atoms with van der Waals surface area (Å²) in [6.45, 7) is 11.9. The van der Waals surface area contributed by atoms with Gasteiger partial charge in [0.25, 0.3) is 0 Å². The average Bonchev–Trinajstić information content (AvgIpc) is 3.10. The van der Waals surface area contributed by atoms with E-state index in [2.05, 4.69) is 72.4 Å². The van der Waals surface area contributed by atoms with Crippen molar-refractivity contribution < 1.29 is 4.79 Å². The first-order chi connectivity index (χ1) is 14.9. The van der Waals surface area contributed by atoms with Crippen molar-refractivity contribution in [2.45, 2.75) is 40.2 Å². The summed E-state index contributed by atoms with van der Waals surface area (Å²) in [4.78, 5) is 17.2. The van der Waals surface area contributed by atoms with Crippen molar-refractivity contribution in [3.8, 4) is 11.1 Å². The molecule has 1 saturated heterocycles. The minimum absolute atomic E-state index is 0.142. The summed E-state index contributed by atoms with van der Waals surface area (Å²) in [5, 5.41) is 4.43. The van der Waals surface area contributed by atoms with Gasteiger partial charge >= 0.3 is 0 Å². The van der Waals surface area contributed by atoms with Crippen LogP contribution in [-0.4, -0.2) is 46.8 Å². The maximum Gasteiger partial charge on any atom is 0.244 e. The van der Waals surface area contributed by atoms with Crippen molar-refractivity contribution in [1.82, 2.24) is 14.7 Å². The molecule has 0 aliphatic carbocycles. The Morgan fingerprint density at radius 3 is 2.26 bits per heavy atom. The number of carbonyl (C=O) groups is 1. The van der Waals surface area contributed by atoms with Crippen LogP contribution < -0.4 is 4.90 Å². The molecule has 1 aliphatic rings. The molecule has 31 heavy (non-hydrogen) atoms. The number of rotatable bonds is 5. The molecule has 1 amide bonds. The molecule has 0 unspecified atom stereocenters. The molecule has 3 aromatic rings. The molecule has 5 heteroatoms. The van der Waals surface area contributed by atoms with Gasteiger partial charge in [0.1, 0.15) is 6.54 Å². The number of para-hydroxylation sites is 1. The van der Waals surface area contributed by atoms with E-state index in [9.17, 15) is 4.79 Å². The predicted octanol–water partition coefficient (Wildman–Crippen LogP) is 4.64. The minimum Gasteiger partial charge on any atom is -0.367 e. The zero-order valence-electron chi connectivity index (χ0n) is 19.0. The molecule has 4 rings (SSSR count). The number of aryl methyl sites for hydroxylation is 2. The largest absolute Gasteiger partial charge is 0.367 e. The van der Waals surface area contributed by atoms with E-state index in [4.69, 9.17) is 0 Å². The molecule has 0 radical (unpaired) electrons. The van der Waals surface area contributed by atoms with Crippen LogP contribution in [0.15, 0.2) is 54.6 Å². The lowest BCUT2D eigenvalue weighted by molar-refractivity contribution is -0.132. The lowest BCUT2D eigenvalue weighted by Gasteiger charge is -2.37. The molecule has 0 spiro atoms. The van der Waals surface area contributed by atoms with Gasteiger partial charge in [0.15, 0.2) is 0 Å². The first-order valence-electron chi connectivity index (χ1n) is 11.2. The highest BCUT2D eigenvalue weighted by Crippen LogP contribution is 2.32. The first kappa shape index (κ1) is 21.2. The number of anilines is 1. The maximum absolute atomic E-state index is 12.8. The van der Waals surface area contributed by atoms with Gasteiger partial charge in [-0.2, -0.15) is 5.10 Å². The molecule has 0 saturated carbocycles. The summed E-state index contributed by atoms with van der Waals surface area (Å²) < 4.78 is 1.81. The van der Waals surface area contributed by atoms with Gasteiger partial charge in [-0.05, 0) is 43.0 Å². The second kappa shape index (κ2) is 8.96. The van der Waals surface area contributed by atoms with Crippen LogP contribution in [0.25, 0.3) is 11.1 Å². The fraction of sp³-hybridized carbons (Fsp3) is 0.385. The summed E-state index contributed by atoms with van der Waals surface area (Å²) in [6.07, 6.45) is 0. The Hall–Kier alpha value is -3.08. The third-order valence-electron chi connectivity index (χ3n) is 6.15. The smallest absolute Gasteiger partial charge is 0.244 e. The molecular formula is C26H32N4O. The Morgan fingerprint density at radius 2 is 1.65 bits per heavy atom. The topological polar surface area (TPSA) is 41.4 Å². The minimum atomic E-state index is 0.142. The molecule has 2 aromatic carbocycles. The first-order valence-corrected chi connectivity index (χ1v) is 11.2. The molecule has 1 aromatic heterocycles. The number of amides is 1. The quantitative estimate of drug-likeness (QED) is 0.608. The van der Waals surface area contributed by atoms with E-state index >= 15 is 0 Å². The normalized spacial score (nSPS) is 14.4. The van der Waals surface area contributed by atoms with Crippen LogP contribution >= 0.6 is 0 Å². The van der Waals surface area contributed by atoms with Crippen molar-refractivity contribution in [2.75, 3.05) is 31.1 Å². The number of carbonyl (C=O) groups excluding carboxylic acids is 1. The van der Waals surface area contributed by atoms with Gasteiger partial charge in [-0.25, -0.2) is 0 Å². The standard InChI is InChI=1S/C26H32N4O/c1-19(2)22-9-11-23(12-10-22)24-7-5-6-8-25(24)28-13-15-29(16-14-28)26(31)18-30-21(4)17-20(3)27-30/h5-12,17,19H,13-16,18H2,1-4H3. The Kier molecular flexibility index (Phi) is 6.12. The molecule has 2 heterocycles. The number of nitrogens with zero attached hydrogens (tertiary/aromatic N) is 4. The van der Waals surface area contributed by atoms with Gasteiger partial charge in [-0.15, -0.1) is 0 Å². The molecule has 1 fully saturated rings. The molecule has 5 nitrogen and oxygen atoms in total. The zero-order chi connectivity index (χ0) is 22.0. The summed E-state index contributed by atoms with van der Waals surface area (Å²) in [6, 6.07) is 19.5. The second-order valence-corrected chi connectivity index (χ2v) is 8.75. The summed E-state index contributed by atoms with van der Waals surface area (Å²) in [5.41, 5.74) is 7.07. The van der Waals surface area contributed by atoms with Gasteiger partial charge in [0.2, 0.25) is 5.91 Å². The highest BCUT2D eigenvalue weighted by atomic mass is 16.2. The van der Waals surface area contributed by atoms with Crippen LogP contribution in [0.5, 0.6) is 0 Å². The number of hydrogen-bond donors (Lipinski definition) is 0. The zero-order valence-corrected chi connectivity index (χ0v) is 19.0. The molecule has 162 valence electrons. The average molecular weight is 417 g/mol. The van der Waals surface area contributed by atoms with E-state index in [0.29, 0.717) is 12.5 Å². The van der Waals surface area contributed by atoms with Gasteiger partial charge in [-0.3, -0.25) is 9.48 Å². The highest BCUT2D eigenvalue weighted by molar-refractivity contribution is 5.80. The fourth-order valence-corrected chi connectivity index (χ4v) is 4.30. The number of aromatic nitrogens is 2. The van der Waals surface area contributed by atoms with Crippen molar-refractivity contribution in [3.05, 3.63) is 71.5 Å².